The summed E-state index contributed by atoms with van der Waals surface area (Å²) < 4.78 is 31.4. The molecule has 0 bridgehead atoms. The Balaban J connectivity index is 0.874. The maximum absolute atomic E-state index is 8.26. The number of aryl methyl sites for hydroxylation is 16. The monoisotopic (exact) mass is 1640 g/mol. The van der Waals surface area contributed by atoms with E-state index in [9.17, 15) is 0 Å². The number of hydrogen-bond donors (Lipinski definition) is 0. The Labute approximate surface area is 745 Å². The Bertz CT molecular complexity index is 6910. The van der Waals surface area contributed by atoms with Gasteiger partial charge in [0.2, 0.25) is 0 Å². The van der Waals surface area contributed by atoms with E-state index in [1.165, 1.54) is 77.9 Å². The third-order valence-corrected chi connectivity index (χ3v) is 26.4. The van der Waals surface area contributed by atoms with Gasteiger partial charge < -0.3 is 43.4 Å². The molecule has 0 saturated heterocycles. The van der Waals surface area contributed by atoms with Crippen molar-refractivity contribution in [3.05, 3.63) is 343 Å². The maximum Gasteiger partial charge on any atom is 0.260 e. The SMILES string of the molecule is Cc1cc(C)cc(N(c2cc(C)cc(C)c2)c2cc3c4c(c2)Oc2cc5c(cc2B4c2cc(C(C)(C)C)ccc2O3)B2c3cc4c(cc3Oc3cc(N(c6cc(C)cc(C)c6)c6cc(C)cc(C)c6)cc(c32)N5c2cc(C)cc(C)c2)N(c2cc(C)cc(C)c2)c2cc(N(c3cc(C)cc(C)c3)c3cc(C)cc(C)c3)cc3c2B4c2cc(C(C)(C)C)ccc2O3)c1. The van der Waals surface area contributed by atoms with Crippen LogP contribution in [0, 0.1) is 111 Å². The molecule has 620 valence electrons. The van der Waals surface area contributed by atoms with Crippen molar-refractivity contribution in [1.82, 2.24) is 0 Å². The quantitative estimate of drug-likeness (QED) is 0.118. The second kappa shape index (κ2) is 29.1. The molecule has 0 unspecified atom stereocenters. The summed E-state index contributed by atoms with van der Waals surface area (Å²) in [5.41, 5.74) is 46.1. The van der Waals surface area contributed by atoms with Crippen molar-refractivity contribution in [2.24, 2.45) is 0 Å². The fraction of sp³-hybridized carbons (Fsp3) is 0.211. The van der Waals surface area contributed by atoms with Gasteiger partial charge in [0.25, 0.3) is 20.1 Å². The van der Waals surface area contributed by atoms with Crippen molar-refractivity contribution in [2.75, 3.05) is 24.5 Å². The minimum Gasteiger partial charge on any atom is -0.458 e. The van der Waals surface area contributed by atoms with Gasteiger partial charge in [0.1, 0.15) is 46.0 Å². The fourth-order valence-electron chi connectivity index (χ4n) is 21.8. The van der Waals surface area contributed by atoms with Gasteiger partial charge in [-0.05, 0) is 387 Å². The molecule has 6 aliphatic rings. The van der Waals surface area contributed by atoms with E-state index in [4.69, 9.17) is 18.9 Å². The summed E-state index contributed by atoms with van der Waals surface area (Å²) >= 11 is 0. The van der Waals surface area contributed by atoms with E-state index in [0.29, 0.717) is 0 Å². The summed E-state index contributed by atoms with van der Waals surface area (Å²) in [6.07, 6.45) is 0. The first kappa shape index (κ1) is 79.8. The first-order valence-electron chi connectivity index (χ1n) is 44.7. The second-order valence-electron chi connectivity index (χ2n) is 39.7. The molecule has 0 aromatic heterocycles. The zero-order valence-corrected chi connectivity index (χ0v) is 76.7. The van der Waals surface area contributed by atoms with Gasteiger partial charge in [0.15, 0.2) is 0 Å². The number of hydrogen-bond acceptors (Lipinski definition) is 9. The Hall–Kier alpha value is -13.3. The second-order valence-corrected chi connectivity index (χ2v) is 39.7. The van der Waals surface area contributed by atoms with Gasteiger partial charge >= 0.3 is 0 Å². The first-order valence-corrected chi connectivity index (χ1v) is 44.7. The van der Waals surface area contributed by atoms with Crippen LogP contribution in [0.3, 0.4) is 0 Å². The molecule has 15 aromatic carbocycles. The largest absolute Gasteiger partial charge is 0.458 e. The van der Waals surface area contributed by atoms with E-state index in [1.807, 2.05) is 0 Å². The molecule has 15 aromatic rings. The third kappa shape index (κ3) is 13.6. The summed E-state index contributed by atoms with van der Waals surface area (Å²) in [4.78, 5) is 12.4. The summed E-state index contributed by atoms with van der Waals surface area (Å²) in [6, 6.07) is 93.4. The molecule has 0 saturated carbocycles. The Kier molecular flexibility index (Phi) is 18.5. The first-order chi connectivity index (χ1) is 60.1. The van der Waals surface area contributed by atoms with E-state index in [0.717, 1.165) is 203 Å². The van der Waals surface area contributed by atoms with Crippen LogP contribution in [-0.4, -0.2) is 20.1 Å². The van der Waals surface area contributed by atoms with Gasteiger partial charge in [0, 0.05) is 110 Å². The van der Waals surface area contributed by atoms with Crippen molar-refractivity contribution < 1.29 is 18.9 Å². The van der Waals surface area contributed by atoms with Crippen molar-refractivity contribution in [2.45, 2.75) is 163 Å². The van der Waals surface area contributed by atoms with E-state index in [-0.39, 0.29) is 24.3 Å². The lowest BCUT2D eigenvalue weighted by atomic mass is 9.29. The van der Waals surface area contributed by atoms with Crippen LogP contribution >= 0.6 is 0 Å². The average molecular weight is 1640 g/mol. The van der Waals surface area contributed by atoms with Crippen LogP contribution in [0.1, 0.15) is 142 Å². The summed E-state index contributed by atoms with van der Waals surface area (Å²) in [7, 11) is 0. The van der Waals surface area contributed by atoms with Gasteiger partial charge in [-0.1, -0.05) is 126 Å². The van der Waals surface area contributed by atoms with Crippen LogP contribution in [0.25, 0.3) is 0 Å². The molecule has 126 heavy (non-hydrogen) atoms. The Morgan fingerprint density at radius 1 is 0.198 bits per heavy atom. The number of fused-ring (bicyclic) bond motifs is 12. The lowest BCUT2D eigenvalue weighted by Crippen LogP contribution is -2.64. The smallest absolute Gasteiger partial charge is 0.260 e. The molecule has 6 heterocycles. The molecular formula is C114H106B3N5O4. The maximum atomic E-state index is 8.26. The predicted molar refractivity (Wildman–Crippen MR) is 533 cm³/mol. The van der Waals surface area contributed by atoms with Crippen molar-refractivity contribution in [3.63, 3.8) is 0 Å². The van der Waals surface area contributed by atoms with E-state index in [1.54, 1.807) is 0 Å². The highest BCUT2D eigenvalue weighted by molar-refractivity contribution is 7.03. The summed E-state index contributed by atoms with van der Waals surface area (Å²) in [5, 5.41) is 0. The van der Waals surface area contributed by atoms with E-state index in [2.05, 4.69) is 419 Å². The van der Waals surface area contributed by atoms with Crippen molar-refractivity contribution >= 4 is 155 Å². The highest BCUT2D eigenvalue weighted by Crippen LogP contribution is 2.53. The minimum atomic E-state index is -0.425. The Morgan fingerprint density at radius 3 is 0.690 bits per heavy atom. The number of rotatable bonds is 11. The average Bonchev–Trinajstić information content (AvgIpc) is 0.684. The number of benzene rings is 15. The van der Waals surface area contributed by atoms with Crippen LogP contribution in [-0.2, 0) is 10.8 Å². The summed E-state index contributed by atoms with van der Waals surface area (Å²) in [5.74, 6) is 6.32. The van der Waals surface area contributed by atoms with Gasteiger partial charge in [-0.3, -0.25) is 0 Å². The zero-order valence-electron chi connectivity index (χ0n) is 76.7. The normalized spacial score (nSPS) is 13.3. The summed E-state index contributed by atoms with van der Waals surface area (Å²) in [6.45, 7) is 48.2. The molecule has 0 radical (unpaired) electrons. The molecule has 0 atom stereocenters. The van der Waals surface area contributed by atoms with Crippen LogP contribution in [0.2, 0.25) is 0 Å². The van der Waals surface area contributed by atoms with Gasteiger partial charge in [-0.25, -0.2) is 0 Å². The van der Waals surface area contributed by atoms with E-state index < -0.39 is 6.71 Å². The molecule has 9 nitrogen and oxygen atoms in total. The van der Waals surface area contributed by atoms with Crippen LogP contribution in [0.4, 0.5) is 85.3 Å². The fourth-order valence-corrected chi connectivity index (χ4v) is 21.8. The molecule has 12 heteroatoms. The van der Waals surface area contributed by atoms with Crippen LogP contribution in [0.15, 0.2) is 243 Å². The highest BCUT2D eigenvalue weighted by Gasteiger charge is 2.51. The molecular weight excluding hydrogens is 1540 g/mol. The molecule has 0 fully saturated rings. The molecule has 0 N–H and O–H groups in total. The number of anilines is 15. The molecule has 6 aliphatic heterocycles. The minimum absolute atomic E-state index is 0.190. The van der Waals surface area contributed by atoms with Gasteiger partial charge in [0.05, 0.1) is 17.1 Å². The molecule has 0 aliphatic carbocycles. The van der Waals surface area contributed by atoms with Crippen molar-refractivity contribution in [1.29, 1.82) is 0 Å². The standard InChI is InChI=1S/C114H106B3N5O4/c1-63-27-64(2)36-81(35-63)118(82-37-65(3)28-66(4)38-82)89-53-100-110-106(55-89)123-102-25-23-79(113(17,18)19)51-94(102)115(110)92-59-96-104(61-98(92)121(100)87-47-75(13)33-76(14)48-87)125-107-56-90(119(83-39-67(5)29-68(6)40-83)84-41-69(7)30-70(8)42-84)54-101-111(107)116(96)93-60-97-105(62-99(93)122(101)88-49-77(15)34-78(16)50-88)126-109-58-91(57-108-112(109)117(97)95-52-80(114(20,21)22)24-26-103(95)124-108)120(85-43-71(9)31-72(10)44-85)86-45-73(11)32-74(12)46-86/h23-62H,1-22H3. The van der Waals surface area contributed by atoms with Gasteiger partial charge in [-0.15, -0.1) is 0 Å². The lowest BCUT2D eigenvalue weighted by molar-refractivity contribution is 0.464. The zero-order chi connectivity index (χ0) is 87.6. The van der Waals surface area contributed by atoms with Crippen LogP contribution < -0.4 is 92.6 Å². The molecule has 21 rings (SSSR count). The van der Waals surface area contributed by atoms with Crippen molar-refractivity contribution in [3.8, 4) is 46.0 Å². The van der Waals surface area contributed by atoms with Crippen LogP contribution in [0.5, 0.6) is 46.0 Å². The number of ether oxygens (including phenoxy) is 4. The highest BCUT2D eigenvalue weighted by atomic mass is 16.5. The molecule has 0 spiro atoms. The van der Waals surface area contributed by atoms with E-state index >= 15 is 0 Å². The third-order valence-electron chi connectivity index (χ3n) is 26.4. The van der Waals surface area contributed by atoms with Gasteiger partial charge in [-0.2, -0.15) is 0 Å². The molecule has 0 amide bonds. The predicted octanol–water partition coefficient (Wildman–Crippen LogP) is 25.2. The topological polar surface area (TPSA) is 53.1 Å². The Morgan fingerprint density at radius 2 is 0.421 bits per heavy atom. The lowest BCUT2D eigenvalue weighted by Gasteiger charge is -2.44. The number of nitrogens with zero attached hydrogens (tertiary/aromatic N) is 5.